The van der Waals surface area contributed by atoms with Gasteiger partial charge in [-0.15, -0.1) is 0 Å². The Labute approximate surface area is 107 Å². The molecule has 4 heteroatoms. The van der Waals surface area contributed by atoms with Crippen LogP contribution in [0.5, 0.6) is 0 Å². The predicted octanol–water partition coefficient (Wildman–Crippen LogP) is 3.70. The summed E-state index contributed by atoms with van der Waals surface area (Å²) in [5, 5.41) is 1.02. The molecule has 0 saturated heterocycles. The van der Waals surface area contributed by atoms with Crippen molar-refractivity contribution in [3.8, 4) is 11.3 Å². The monoisotopic (exact) mass is 287 g/mol. The summed E-state index contributed by atoms with van der Waals surface area (Å²) in [5.74, 6) is 0. The number of hydrogen-bond acceptors (Lipinski definition) is 2. The Balaban J connectivity index is 2.29. The van der Waals surface area contributed by atoms with Gasteiger partial charge < -0.3 is 4.98 Å². The van der Waals surface area contributed by atoms with Crippen molar-refractivity contribution in [1.82, 2.24) is 15.0 Å². The van der Waals surface area contributed by atoms with Gasteiger partial charge in [-0.3, -0.25) is 0 Å². The van der Waals surface area contributed by atoms with E-state index in [0.29, 0.717) is 0 Å². The van der Waals surface area contributed by atoms with Crippen molar-refractivity contribution in [1.29, 1.82) is 0 Å². The number of nitrogens with one attached hydrogen (secondary N) is 1. The second-order valence-electron chi connectivity index (χ2n) is 3.95. The first kappa shape index (κ1) is 10.5. The van der Waals surface area contributed by atoms with Crippen LogP contribution in [-0.2, 0) is 0 Å². The molecule has 0 aliphatic heterocycles. The number of nitrogens with zero attached hydrogens (tertiary/aromatic N) is 2. The number of benzene rings is 1. The van der Waals surface area contributed by atoms with E-state index < -0.39 is 0 Å². The molecule has 84 valence electrons. The first-order chi connectivity index (χ1) is 8.25. The molecule has 2 heterocycles. The van der Waals surface area contributed by atoms with Gasteiger partial charge in [0.2, 0.25) is 0 Å². The Morgan fingerprint density at radius 1 is 1.12 bits per heavy atom. The third-order valence-electron chi connectivity index (χ3n) is 2.75. The lowest BCUT2D eigenvalue weighted by atomic mass is 10.1. The summed E-state index contributed by atoms with van der Waals surface area (Å²) >= 11 is 3.52. The summed E-state index contributed by atoms with van der Waals surface area (Å²) in [5.41, 5.74) is 4.14. The second kappa shape index (κ2) is 3.96. The van der Waals surface area contributed by atoms with Crippen molar-refractivity contribution in [3.63, 3.8) is 0 Å². The molecule has 3 aromatic rings. The number of aromatic amines is 1. The Morgan fingerprint density at radius 2 is 1.88 bits per heavy atom. The minimum absolute atomic E-state index is 0.849. The molecular weight excluding hydrogens is 278 g/mol. The van der Waals surface area contributed by atoms with Crippen LogP contribution in [0, 0.1) is 6.92 Å². The smallest absolute Gasteiger partial charge is 0.142 e. The van der Waals surface area contributed by atoms with E-state index in [4.69, 9.17) is 0 Å². The zero-order chi connectivity index (χ0) is 11.8. The van der Waals surface area contributed by atoms with Gasteiger partial charge in [0.05, 0.1) is 11.1 Å². The lowest BCUT2D eigenvalue weighted by molar-refractivity contribution is 1.20. The zero-order valence-corrected chi connectivity index (χ0v) is 10.8. The molecule has 0 fully saturated rings. The molecule has 0 unspecified atom stereocenters. The van der Waals surface area contributed by atoms with E-state index in [1.807, 2.05) is 6.20 Å². The normalized spacial score (nSPS) is 10.9. The maximum atomic E-state index is 4.38. The lowest BCUT2D eigenvalue weighted by Gasteiger charge is -2.03. The van der Waals surface area contributed by atoms with E-state index in [2.05, 4.69) is 62.1 Å². The second-order valence-corrected chi connectivity index (χ2v) is 4.80. The van der Waals surface area contributed by atoms with E-state index in [1.165, 1.54) is 5.56 Å². The quantitative estimate of drug-likeness (QED) is 0.742. The fourth-order valence-corrected chi connectivity index (χ4v) is 2.35. The van der Waals surface area contributed by atoms with Crippen molar-refractivity contribution in [2.45, 2.75) is 6.92 Å². The molecule has 3 rings (SSSR count). The number of hydrogen-bond donors (Lipinski definition) is 1. The highest BCUT2D eigenvalue weighted by Gasteiger charge is 2.10. The molecule has 0 atom stereocenters. The number of aromatic nitrogens is 3. The third-order valence-corrected chi connectivity index (χ3v) is 3.37. The van der Waals surface area contributed by atoms with Crippen LogP contribution in [0.15, 0.2) is 41.3 Å². The van der Waals surface area contributed by atoms with Crippen LogP contribution in [-0.4, -0.2) is 15.0 Å². The minimum Gasteiger partial charge on any atom is -0.345 e. The van der Waals surface area contributed by atoms with Crippen LogP contribution in [0.4, 0.5) is 0 Å². The van der Waals surface area contributed by atoms with Gasteiger partial charge in [0, 0.05) is 16.2 Å². The summed E-state index contributed by atoms with van der Waals surface area (Å²) in [6.07, 6.45) is 3.47. The molecule has 0 aliphatic carbocycles. The van der Waals surface area contributed by atoms with Gasteiger partial charge in [0.15, 0.2) is 0 Å². The van der Waals surface area contributed by atoms with Crippen LogP contribution < -0.4 is 0 Å². The Morgan fingerprint density at radius 3 is 2.65 bits per heavy atom. The van der Waals surface area contributed by atoms with E-state index in [-0.39, 0.29) is 0 Å². The van der Waals surface area contributed by atoms with Crippen LogP contribution in [0.2, 0.25) is 0 Å². The maximum absolute atomic E-state index is 4.38. The van der Waals surface area contributed by atoms with Gasteiger partial charge in [0.1, 0.15) is 12.0 Å². The summed E-state index contributed by atoms with van der Waals surface area (Å²) < 4.78 is 0.990. The summed E-state index contributed by atoms with van der Waals surface area (Å²) in [7, 11) is 0. The Bertz CT molecular complexity index is 671. The van der Waals surface area contributed by atoms with E-state index in [0.717, 1.165) is 26.8 Å². The lowest BCUT2D eigenvalue weighted by Crippen LogP contribution is -1.87. The van der Waals surface area contributed by atoms with E-state index >= 15 is 0 Å². The number of H-pyrrole nitrogens is 1. The maximum Gasteiger partial charge on any atom is 0.142 e. The van der Waals surface area contributed by atoms with Gasteiger partial charge in [0.25, 0.3) is 0 Å². The molecule has 0 radical (unpaired) electrons. The fraction of sp³-hybridized carbons (Fsp3) is 0.0769. The molecule has 0 aliphatic rings. The highest BCUT2D eigenvalue weighted by Crippen LogP contribution is 2.30. The first-order valence-electron chi connectivity index (χ1n) is 5.30. The molecule has 0 bridgehead atoms. The molecule has 3 nitrogen and oxygen atoms in total. The van der Waals surface area contributed by atoms with Crippen LogP contribution >= 0.6 is 15.9 Å². The zero-order valence-electron chi connectivity index (χ0n) is 9.24. The molecular formula is C13H10BrN3. The highest BCUT2D eigenvalue weighted by atomic mass is 79.9. The molecule has 1 aromatic carbocycles. The summed E-state index contributed by atoms with van der Waals surface area (Å²) in [6.45, 7) is 2.07. The third kappa shape index (κ3) is 1.74. The van der Waals surface area contributed by atoms with Gasteiger partial charge in [-0.05, 0) is 22.9 Å². The fourth-order valence-electron chi connectivity index (χ4n) is 1.86. The minimum atomic E-state index is 0.849. The number of halogens is 1. The summed E-state index contributed by atoms with van der Waals surface area (Å²) in [6, 6.07) is 8.33. The van der Waals surface area contributed by atoms with Crippen LogP contribution in [0.3, 0.4) is 0 Å². The van der Waals surface area contributed by atoms with Crippen molar-refractivity contribution in [2.75, 3.05) is 0 Å². The molecule has 1 N–H and O–H groups in total. The SMILES string of the molecule is Cc1ccc(-c2ncnc3[nH]cc(Br)c23)cc1. The molecule has 0 saturated carbocycles. The van der Waals surface area contributed by atoms with Crippen LogP contribution in [0.1, 0.15) is 5.56 Å². The van der Waals surface area contributed by atoms with Gasteiger partial charge in [-0.1, -0.05) is 29.8 Å². The Hall–Kier alpha value is -1.68. The number of aryl methyl sites for hydroxylation is 1. The Kier molecular flexibility index (Phi) is 2.44. The van der Waals surface area contributed by atoms with Crippen molar-refractivity contribution in [3.05, 3.63) is 46.8 Å². The molecule has 17 heavy (non-hydrogen) atoms. The van der Waals surface area contributed by atoms with Crippen LogP contribution in [0.25, 0.3) is 22.3 Å². The number of rotatable bonds is 1. The van der Waals surface area contributed by atoms with Gasteiger partial charge in [-0.25, -0.2) is 9.97 Å². The number of fused-ring (bicyclic) bond motifs is 1. The van der Waals surface area contributed by atoms with Gasteiger partial charge >= 0.3 is 0 Å². The average molecular weight is 288 g/mol. The summed E-state index contributed by atoms with van der Waals surface area (Å²) in [4.78, 5) is 11.7. The average Bonchev–Trinajstić information content (AvgIpc) is 2.73. The van der Waals surface area contributed by atoms with Crippen molar-refractivity contribution in [2.24, 2.45) is 0 Å². The molecule has 2 aromatic heterocycles. The van der Waals surface area contributed by atoms with Crippen molar-refractivity contribution >= 4 is 27.0 Å². The highest BCUT2D eigenvalue weighted by molar-refractivity contribution is 9.10. The van der Waals surface area contributed by atoms with E-state index in [9.17, 15) is 0 Å². The largest absolute Gasteiger partial charge is 0.345 e. The predicted molar refractivity (Wildman–Crippen MR) is 71.8 cm³/mol. The topological polar surface area (TPSA) is 41.6 Å². The van der Waals surface area contributed by atoms with E-state index in [1.54, 1.807) is 6.33 Å². The van der Waals surface area contributed by atoms with Crippen molar-refractivity contribution < 1.29 is 0 Å². The first-order valence-corrected chi connectivity index (χ1v) is 6.09. The molecule has 0 amide bonds. The standard InChI is InChI=1S/C13H10BrN3/c1-8-2-4-9(5-3-8)12-11-10(14)6-15-13(11)17-7-16-12/h2-7H,1H3,(H,15,16,17). The van der Waals surface area contributed by atoms with Gasteiger partial charge in [-0.2, -0.15) is 0 Å². The molecule has 0 spiro atoms.